The fourth-order valence-corrected chi connectivity index (χ4v) is 11.3. The predicted octanol–water partition coefficient (Wildman–Crippen LogP) is 4.66. The van der Waals surface area contributed by atoms with Crippen LogP contribution in [0.15, 0.2) is 0 Å². The highest BCUT2D eigenvalue weighted by Crippen LogP contribution is 2.69. The third-order valence-corrected chi connectivity index (χ3v) is 14.2. The molecule has 4 saturated carbocycles. The molecule has 59 heavy (non-hydrogen) atoms. The van der Waals surface area contributed by atoms with Gasteiger partial charge in [0, 0.05) is 50.2 Å². The molecule has 0 aliphatic heterocycles. The minimum Gasteiger partial charge on any atom is -0.462 e. The van der Waals surface area contributed by atoms with Crippen molar-refractivity contribution in [2.75, 3.05) is 32.8 Å². The summed E-state index contributed by atoms with van der Waals surface area (Å²) in [7, 11) is 0. The zero-order valence-electron chi connectivity index (χ0n) is 36.3. The largest absolute Gasteiger partial charge is 0.462 e. The van der Waals surface area contributed by atoms with Gasteiger partial charge >= 0.3 is 35.8 Å². The maximum atomic E-state index is 13.3. The van der Waals surface area contributed by atoms with Crippen LogP contribution in [0, 0.1) is 46.3 Å². The highest BCUT2D eigenvalue weighted by molar-refractivity contribution is 5.72. The molecule has 4 rings (SSSR count). The van der Waals surface area contributed by atoms with Crippen molar-refractivity contribution >= 4 is 35.8 Å². The van der Waals surface area contributed by atoms with Crippen molar-refractivity contribution in [2.24, 2.45) is 63.5 Å². The normalized spacial score (nSPS) is 31.9. The number of fused-ring (bicyclic) bond motifs is 5. The fourth-order valence-electron chi connectivity index (χ4n) is 11.3. The van der Waals surface area contributed by atoms with Crippen LogP contribution in [0.2, 0.25) is 0 Å². The van der Waals surface area contributed by atoms with Gasteiger partial charge in [0.2, 0.25) is 0 Å². The molecule has 6 N–H and O–H groups in total. The second-order valence-corrected chi connectivity index (χ2v) is 18.0. The van der Waals surface area contributed by atoms with Gasteiger partial charge in [-0.1, -0.05) is 34.6 Å². The molecule has 4 aliphatic rings. The monoisotopic (exact) mass is 836 g/mol. The minimum atomic E-state index is -0.907. The van der Waals surface area contributed by atoms with Crippen LogP contribution in [-0.2, 0) is 57.2 Å². The Morgan fingerprint density at radius 2 is 1.22 bits per heavy atom. The molecule has 1 unspecified atom stereocenters. The summed E-state index contributed by atoms with van der Waals surface area (Å²) in [6.45, 7) is 10.5. The molecule has 0 saturated heterocycles. The summed E-state index contributed by atoms with van der Waals surface area (Å²) < 4.78 is 35.0. The molecule has 0 aromatic heterocycles. The molecule has 0 amide bonds. The van der Waals surface area contributed by atoms with Gasteiger partial charge in [-0.05, 0) is 99.2 Å². The van der Waals surface area contributed by atoms with Gasteiger partial charge in [0.25, 0.3) is 0 Å². The number of esters is 6. The van der Waals surface area contributed by atoms with Crippen LogP contribution in [0.25, 0.3) is 0 Å². The van der Waals surface area contributed by atoms with E-state index >= 15 is 0 Å². The SMILES string of the molecule is CCCC(=O)OCC(COC(=O)CC[C@@H](C)[C@H]1CC[C@H]2[C@@H]3[C@H](OC(=O)CCN)C[C@@H]4C[C@H](OC(=O)CCN)CC[C@]4(C)[C@H]3C[C@H](OC(=O)CCN)[C@]12C)OC(=O)CCC. The number of carbonyl (C=O) groups excluding carboxylic acids is 6. The summed E-state index contributed by atoms with van der Waals surface area (Å²) in [5.41, 5.74) is 16.6. The van der Waals surface area contributed by atoms with E-state index in [0.717, 1.165) is 19.3 Å². The number of rotatable bonds is 22. The Balaban J connectivity index is 1.55. The van der Waals surface area contributed by atoms with Crippen molar-refractivity contribution < 1.29 is 57.2 Å². The first-order valence-corrected chi connectivity index (χ1v) is 22.3. The molecule has 4 aliphatic carbocycles. The van der Waals surface area contributed by atoms with Gasteiger partial charge in [0.05, 0.1) is 19.3 Å². The number of ether oxygens (including phenoxy) is 6. The standard InChI is InChI=1S/C44H73N3O12/c1-6-8-36(48)54-25-30(57-38(50)9-7-2)26-55-37(49)13-10-27(3)31-11-12-32-42-33(24-35(44(31,32)5)59-41(53)17-21-47)43(4)18-14-29(56-39(51)15-19-45)22-28(43)23-34(42)58-40(52)16-20-46/h27-35,42H,6-26,45-47H2,1-5H3/t27-,28+,29-,30?,31-,32+,33+,34-,35+,42+,43+,44-/m1/s1. The lowest BCUT2D eigenvalue weighted by Gasteiger charge is -2.64. The molecule has 0 spiro atoms. The summed E-state index contributed by atoms with van der Waals surface area (Å²) >= 11 is 0. The lowest BCUT2D eigenvalue weighted by atomic mass is 9.43. The Hall–Kier alpha value is -3.30. The fraction of sp³-hybridized carbons (Fsp3) is 0.864. The van der Waals surface area contributed by atoms with Gasteiger partial charge in [-0.2, -0.15) is 0 Å². The van der Waals surface area contributed by atoms with Crippen LogP contribution >= 0.6 is 0 Å². The smallest absolute Gasteiger partial charge is 0.307 e. The van der Waals surface area contributed by atoms with Crippen LogP contribution in [0.4, 0.5) is 0 Å². The van der Waals surface area contributed by atoms with Crippen molar-refractivity contribution in [3.8, 4) is 0 Å². The summed E-state index contributed by atoms with van der Waals surface area (Å²) in [4.78, 5) is 76.4. The van der Waals surface area contributed by atoms with E-state index in [0.29, 0.717) is 44.9 Å². The molecular formula is C44H73N3O12. The van der Waals surface area contributed by atoms with Gasteiger partial charge in [-0.25, -0.2) is 0 Å². The first-order valence-electron chi connectivity index (χ1n) is 22.3. The summed E-state index contributed by atoms with van der Waals surface area (Å²) in [6, 6.07) is 0. The highest BCUT2D eigenvalue weighted by Gasteiger charge is 2.67. The molecule has 12 atom stereocenters. The van der Waals surface area contributed by atoms with E-state index < -0.39 is 35.5 Å². The van der Waals surface area contributed by atoms with Crippen molar-refractivity contribution in [3.05, 3.63) is 0 Å². The molecule has 15 nitrogen and oxygen atoms in total. The molecular weight excluding hydrogens is 762 g/mol. The Labute approximate surface area is 350 Å². The zero-order chi connectivity index (χ0) is 43.3. The van der Waals surface area contributed by atoms with Crippen molar-refractivity contribution in [3.63, 3.8) is 0 Å². The van der Waals surface area contributed by atoms with E-state index in [1.165, 1.54) is 0 Å². The van der Waals surface area contributed by atoms with E-state index in [2.05, 4.69) is 20.8 Å². The van der Waals surface area contributed by atoms with Crippen molar-refractivity contribution in [2.45, 2.75) is 162 Å². The Bertz CT molecular complexity index is 1450. The summed E-state index contributed by atoms with van der Waals surface area (Å²) in [5, 5.41) is 0. The van der Waals surface area contributed by atoms with Crippen LogP contribution < -0.4 is 17.2 Å². The average molecular weight is 836 g/mol. The summed E-state index contributed by atoms with van der Waals surface area (Å²) in [5.74, 6) is -1.97. The maximum Gasteiger partial charge on any atom is 0.307 e. The third-order valence-electron chi connectivity index (χ3n) is 14.2. The van der Waals surface area contributed by atoms with E-state index in [1.807, 2.05) is 13.8 Å². The molecule has 0 bridgehead atoms. The number of hydrogen-bond donors (Lipinski definition) is 3. The summed E-state index contributed by atoms with van der Waals surface area (Å²) in [6.07, 6.45) is 5.75. The van der Waals surface area contributed by atoms with Gasteiger partial charge in [0.15, 0.2) is 6.10 Å². The van der Waals surface area contributed by atoms with E-state index in [-0.39, 0.29) is 142 Å². The molecule has 0 aromatic carbocycles. The second-order valence-electron chi connectivity index (χ2n) is 18.0. The first kappa shape index (κ1) is 48.4. The van der Waals surface area contributed by atoms with E-state index in [4.69, 9.17) is 45.6 Å². The molecule has 15 heteroatoms. The van der Waals surface area contributed by atoms with E-state index in [9.17, 15) is 28.8 Å². The average Bonchev–Trinajstić information content (AvgIpc) is 3.54. The van der Waals surface area contributed by atoms with Crippen LogP contribution in [0.5, 0.6) is 0 Å². The number of carbonyl (C=O) groups is 6. The molecule has 0 heterocycles. The molecule has 4 fully saturated rings. The topological polar surface area (TPSA) is 236 Å². The Morgan fingerprint density at radius 3 is 1.83 bits per heavy atom. The second kappa shape index (κ2) is 22.5. The predicted molar refractivity (Wildman–Crippen MR) is 217 cm³/mol. The maximum absolute atomic E-state index is 13.3. The van der Waals surface area contributed by atoms with Gasteiger partial charge in [-0.3, -0.25) is 28.8 Å². The zero-order valence-corrected chi connectivity index (χ0v) is 36.3. The van der Waals surface area contributed by atoms with Gasteiger partial charge < -0.3 is 45.6 Å². The molecule has 336 valence electrons. The minimum absolute atomic E-state index is 0.00437. The molecule has 0 radical (unpaired) electrons. The molecule has 0 aromatic rings. The first-order chi connectivity index (χ1) is 28.1. The lowest BCUT2D eigenvalue weighted by Crippen LogP contribution is -2.63. The van der Waals surface area contributed by atoms with E-state index in [1.54, 1.807) is 0 Å². The van der Waals surface area contributed by atoms with Gasteiger partial charge in [-0.15, -0.1) is 0 Å². The Morgan fingerprint density at radius 1 is 0.644 bits per heavy atom. The van der Waals surface area contributed by atoms with Crippen LogP contribution in [0.3, 0.4) is 0 Å². The lowest BCUT2D eigenvalue weighted by molar-refractivity contribution is -0.225. The van der Waals surface area contributed by atoms with Crippen LogP contribution in [-0.4, -0.2) is 93.1 Å². The van der Waals surface area contributed by atoms with Crippen molar-refractivity contribution in [1.82, 2.24) is 0 Å². The Kier molecular flexibility index (Phi) is 18.5. The van der Waals surface area contributed by atoms with Gasteiger partial charge in [0.1, 0.15) is 31.5 Å². The van der Waals surface area contributed by atoms with Crippen LogP contribution in [0.1, 0.15) is 137 Å². The number of hydrogen-bond acceptors (Lipinski definition) is 15. The third kappa shape index (κ3) is 12.2. The highest BCUT2D eigenvalue weighted by atomic mass is 16.6. The quantitative estimate of drug-likeness (QED) is 0.0994. The van der Waals surface area contributed by atoms with Crippen molar-refractivity contribution in [1.29, 1.82) is 0 Å². The number of nitrogens with two attached hydrogens (primary N) is 3.